The van der Waals surface area contributed by atoms with Gasteiger partial charge in [0.25, 0.3) is 5.91 Å². The number of hydrogen-bond donors (Lipinski definition) is 2. The summed E-state index contributed by atoms with van der Waals surface area (Å²) in [5.74, 6) is -1.06. The maximum Gasteiger partial charge on any atom is 0.340 e. The third kappa shape index (κ3) is 4.32. The Morgan fingerprint density at radius 3 is 2.57 bits per heavy atom. The number of nitrogens with two attached hydrogens (primary N) is 1. The number of rotatable bonds is 4. The van der Waals surface area contributed by atoms with Gasteiger partial charge >= 0.3 is 5.97 Å². The maximum atomic E-state index is 11.9. The molecule has 0 atom stereocenters. The predicted molar refractivity (Wildman–Crippen MR) is 83.9 cm³/mol. The van der Waals surface area contributed by atoms with E-state index in [1.54, 1.807) is 42.5 Å². The second kappa shape index (κ2) is 6.90. The van der Waals surface area contributed by atoms with Crippen LogP contribution in [0.2, 0.25) is 0 Å². The number of ether oxygens (including phenoxy) is 1. The second-order valence-corrected chi connectivity index (χ2v) is 5.14. The molecule has 0 saturated carbocycles. The van der Waals surface area contributed by atoms with E-state index in [-0.39, 0.29) is 12.2 Å². The van der Waals surface area contributed by atoms with Crippen molar-refractivity contribution in [2.75, 3.05) is 17.7 Å². The summed E-state index contributed by atoms with van der Waals surface area (Å²) in [6.07, 6.45) is 0. The van der Waals surface area contributed by atoms with Crippen LogP contribution in [0.1, 0.15) is 10.4 Å². The topological polar surface area (TPSA) is 81.4 Å². The van der Waals surface area contributed by atoms with Crippen LogP contribution in [0.5, 0.6) is 0 Å². The fourth-order valence-corrected chi connectivity index (χ4v) is 1.99. The number of benzene rings is 2. The molecule has 2 aromatic carbocycles. The lowest BCUT2D eigenvalue weighted by Gasteiger charge is -2.08. The van der Waals surface area contributed by atoms with Crippen LogP contribution >= 0.6 is 15.9 Å². The van der Waals surface area contributed by atoms with E-state index in [0.29, 0.717) is 15.8 Å². The van der Waals surface area contributed by atoms with Gasteiger partial charge in [0.05, 0.1) is 5.56 Å². The normalized spacial score (nSPS) is 9.95. The van der Waals surface area contributed by atoms with Crippen LogP contribution in [0.15, 0.2) is 53.0 Å². The first kappa shape index (κ1) is 15.1. The molecule has 6 heteroatoms. The van der Waals surface area contributed by atoms with Crippen molar-refractivity contribution in [3.05, 3.63) is 58.6 Å². The molecule has 0 aromatic heterocycles. The molecule has 21 heavy (non-hydrogen) atoms. The first-order valence-corrected chi connectivity index (χ1v) is 6.92. The van der Waals surface area contributed by atoms with Crippen molar-refractivity contribution in [3.63, 3.8) is 0 Å². The van der Waals surface area contributed by atoms with E-state index in [1.807, 2.05) is 6.07 Å². The molecule has 0 saturated heterocycles. The van der Waals surface area contributed by atoms with E-state index in [2.05, 4.69) is 21.2 Å². The first-order chi connectivity index (χ1) is 10.1. The summed E-state index contributed by atoms with van der Waals surface area (Å²) in [5.41, 5.74) is 6.85. The summed E-state index contributed by atoms with van der Waals surface area (Å²) in [6, 6.07) is 13.8. The van der Waals surface area contributed by atoms with Gasteiger partial charge in [0, 0.05) is 15.8 Å². The summed E-state index contributed by atoms with van der Waals surface area (Å²) in [4.78, 5) is 23.5. The number of carbonyl (C=O) groups is 2. The number of halogens is 1. The molecule has 0 aliphatic rings. The lowest BCUT2D eigenvalue weighted by Crippen LogP contribution is -2.21. The third-order valence-corrected chi connectivity index (χ3v) is 3.12. The second-order valence-electron chi connectivity index (χ2n) is 4.22. The maximum absolute atomic E-state index is 11.9. The molecule has 0 heterocycles. The lowest BCUT2D eigenvalue weighted by atomic mass is 10.2. The molecule has 0 fully saturated rings. The van der Waals surface area contributed by atoms with Crippen LogP contribution in [-0.4, -0.2) is 18.5 Å². The predicted octanol–water partition coefficient (Wildman–Crippen LogP) is 2.83. The van der Waals surface area contributed by atoms with Crippen molar-refractivity contribution in [2.45, 2.75) is 0 Å². The molecule has 0 unspecified atom stereocenters. The van der Waals surface area contributed by atoms with Gasteiger partial charge in [-0.3, -0.25) is 4.79 Å². The van der Waals surface area contributed by atoms with Crippen LogP contribution in [0.4, 0.5) is 11.4 Å². The third-order valence-electron chi connectivity index (χ3n) is 2.63. The summed E-state index contributed by atoms with van der Waals surface area (Å²) >= 11 is 3.25. The first-order valence-electron chi connectivity index (χ1n) is 6.13. The quantitative estimate of drug-likeness (QED) is 0.657. The smallest absolute Gasteiger partial charge is 0.340 e. The molecule has 0 spiro atoms. The van der Waals surface area contributed by atoms with E-state index < -0.39 is 11.9 Å². The zero-order valence-corrected chi connectivity index (χ0v) is 12.6. The summed E-state index contributed by atoms with van der Waals surface area (Å²) in [5, 5.41) is 2.62. The minimum absolute atomic E-state index is 0.219. The molecule has 3 N–H and O–H groups in total. The highest BCUT2D eigenvalue weighted by molar-refractivity contribution is 9.10. The molecule has 0 bridgehead atoms. The Bertz CT molecular complexity index is 659. The molecule has 108 valence electrons. The van der Waals surface area contributed by atoms with Gasteiger partial charge in [-0.2, -0.15) is 0 Å². The highest BCUT2D eigenvalue weighted by Crippen LogP contribution is 2.19. The Morgan fingerprint density at radius 1 is 1.14 bits per heavy atom. The van der Waals surface area contributed by atoms with Gasteiger partial charge in [0.2, 0.25) is 0 Å². The SMILES string of the molecule is Nc1ccc(Br)cc1C(=O)OCC(=O)Nc1ccccc1. The van der Waals surface area contributed by atoms with Crippen molar-refractivity contribution in [1.29, 1.82) is 0 Å². The van der Waals surface area contributed by atoms with E-state index in [9.17, 15) is 9.59 Å². The molecule has 0 radical (unpaired) electrons. The van der Waals surface area contributed by atoms with Crippen LogP contribution in [0.25, 0.3) is 0 Å². The zero-order valence-electron chi connectivity index (χ0n) is 11.0. The molecule has 1 amide bonds. The summed E-state index contributed by atoms with van der Waals surface area (Å²) < 4.78 is 5.65. The number of nitrogens with one attached hydrogen (secondary N) is 1. The molecular formula is C15H13BrN2O3. The Balaban J connectivity index is 1.92. The summed E-state index contributed by atoms with van der Waals surface area (Å²) in [7, 11) is 0. The van der Waals surface area contributed by atoms with Crippen LogP contribution < -0.4 is 11.1 Å². The van der Waals surface area contributed by atoms with Gasteiger partial charge in [0.15, 0.2) is 6.61 Å². The number of para-hydroxylation sites is 1. The molecular weight excluding hydrogens is 336 g/mol. The highest BCUT2D eigenvalue weighted by Gasteiger charge is 2.13. The minimum atomic E-state index is -0.642. The van der Waals surface area contributed by atoms with E-state index in [4.69, 9.17) is 10.5 Å². The lowest BCUT2D eigenvalue weighted by molar-refractivity contribution is -0.119. The van der Waals surface area contributed by atoms with Crippen LogP contribution in [-0.2, 0) is 9.53 Å². The van der Waals surface area contributed by atoms with Gasteiger partial charge in [-0.15, -0.1) is 0 Å². The van der Waals surface area contributed by atoms with E-state index >= 15 is 0 Å². The van der Waals surface area contributed by atoms with Crippen molar-refractivity contribution in [3.8, 4) is 0 Å². The zero-order chi connectivity index (χ0) is 15.2. The van der Waals surface area contributed by atoms with E-state index in [0.717, 1.165) is 0 Å². The molecule has 5 nitrogen and oxygen atoms in total. The number of carbonyl (C=O) groups excluding carboxylic acids is 2. The molecule has 0 aliphatic heterocycles. The van der Waals surface area contributed by atoms with Crippen molar-refractivity contribution in [2.24, 2.45) is 0 Å². The van der Waals surface area contributed by atoms with Gasteiger partial charge in [-0.05, 0) is 30.3 Å². The fraction of sp³-hybridized carbons (Fsp3) is 0.0667. The molecule has 0 aliphatic carbocycles. The highest BCUT2D eigenvalue weighted by atomic mass is 79.9. The van der Waals surface area contributed by atoms with Gasteiger partial charge in [0.1, 0.15) is 0 Å². The summed E-state index contributed by atoms with van der Waals surface area (Å²) in [6.45, 7) is -0.375. The average Bonchev–Trinajstić information content (AvgIpc) is 2.48. The standard InChI is InChI=1S/C15H13BrN2O3/c16-10-6-7-13(17)12(8-10)15(20)21-9-14(19)18-11-4-2-1-3-5-11/h1-8H,9,17H2,(H,18,19). The van der Waals surface area contributed by atoms with Crippen molar-refractivity contribution in [1.82, 2.24) is 0 Å². The number of nitrogen functional groups attached to an aromatic ring is 1. The van der Waals surface area contributed by atoms with E-state index in [1.165, 1.54) is 0 Å². The number of amides is 1. The van der Waals surface area contributed by atoms with Crippen molar-refractivity contribution < 1.29 is 14.3 Å². The van der Waals surface area contributed by atoms with Crippen LogP contribution in [0, 0.1) is 0 Å². The number of anilines is 2. The van der Waals surface area contributed by atoms with Gasteiger partial charge in [-0.1, -0.05) is 34.1 Å². The Morgan fingerprint density at radius 2 is 1.86 bits per heavy atom. The molecule has 2 aromatic rings. The monoisotopic (exact) mass is 348 g/mol. The van der Waals surface area contributed by atoms with Gasteiger partial charge in [-0.25, -0.2) is 4.79 Å². The largest absolute Gasteiger partial charge is 0.452 e. The fourth-order valence-electron chi connectivity index (χ4n) is 1.63. The Hall–Kier alpha value is -2.34. The minimum Gasteiger partial charge on any atom is -0.452 e. The Labute approximate surface area is 130 Å². The average molecular weight is 349 g/mol. The van der Waals surface area contributed by atoms with Gasteiger partial charge < -0.3 is 15.8 Å². The Kier molecular flexibility index (Phi) is 4.94. The number of esters is 1. The molecule has 2 rings (SSSR count). The van der Waals surface area contributed by atoms with Crippen molar-refractivity contribution >= 4 is 39.2 Å². The number of hydrogen-bond acceptors (Lipinski definition) is 4. The van der Waals surface area contributed by atoms with Crippen LogP contribution in [0.3, 0.4) is 0 Å².